The Labute approximate surface area is 120 Å². The molecule has 3 rings (SSSR count). The molecule has 0 radical (unpaired) electrons. The Morgan fingerprint density at radius 2 is 2.20 bits per heavy atom. The lowest BCUT2D eigenvalue weighted by Crippen LogP contribution is -2.07. The predicted octanol–water partition coefficient (Wildman–Crippen LogP) is 1.87. The van der Waals surface area contributed by atoms with Crippen LogP contribution in [0.3, 0.4) is 0 Å². The van der Waals surface area contributed by atoms with E-state index in [2.05, 4.69) is 20.4 Å². The van der Waals surface area contributed by atoms with Crippen LogP contribution in [0, 0.1) is 0 Å². The normalized spacial score (nSPS) is 10.9. The molecule has 2 N–H and O–H groups in total. The van der Waals surface area contributed by atoms with Gasteiger partial charge < -0.3 is 10.4 Å². The summed E-state index contributed by atoms with van der Waals surface area (Å²) in [5, 5.41) is 17.7. The number of aliphatic hydroxyl groups is 1. The lowest BCUT2D eigenvalue weighted by Gasteiger charge is -2.05. The number of anilines is 1. The Bertz CT molecular complexity index is 742. The van der Waals surface area contributed by atoms with Crippen molar-refractivity contribution < 1.29 is 5.11 Å². The van der Waals surface area contributed by atoms with Crippen LogP contribution in [0.1, 0.15) is 0 Å². The summed E-state index contributed by atoms with van der Waals surface area (Å²) in [4.78, 5) is 8.42. The number of aromatic nitrogens is 4. The fourth-order valence-corrected chi connectivity index (χ4v) is 2.14. The van der Waals surface area contributed by atoms with Crippen molar-refractivity contribution in [3.05, 3.63) is 41.8 Å². The Morgan fingerprint density at radius 3 is 3.00 bits per heavy atom. The van der Waals surface area contributed by atoms with Crippen molar-refractivity contribution >= 4 is 28.5 Å². The average Bonchev–Trinajstić information content (AvgIpc) is 2.89. The van der Waals surface area contributed by atoms with Gasteiger partial charge in [-0.25, -0.2) is 14.6 Å². The van der Waals surface area contributed by atoms with Crippen molar-refractivity contribution in [2.75, 3.05) is 18.5 Å². The Morgan fingerprint density at radius 1 is 1.30 bits per heavy atom. The number of hydrogen-bond donors (Lipinski definition) is 2. The molecule has 7 heteroatoms. The molecule has 0 fully saturated rings. The number of halogens is 1. The van der Waals surface area contributed by atoms with Gasteiger partial charge in [0.15, 0.2) is 5.65 Å². The molecule has 2 aromatic heterocycles. The summed E-state index contributed by atoms with van der Waals surface area (Å²) < 4.78 is 1.70. The standard InChI is InChI=1S/C13H12ClN5O/c14-9-2-1-3-10(6-9)19-13-11(7-18-19)12(15-4-5-20)16-8-17-13/h1-3,6-8,20H,4-5H2,(H,15,16,17). The lowest BCUT2D eigenvalue weighted by atomic mass is 10.3. The summed E-state index contributed by atoms with van der Waals surface area (Å²) in [5.74, 6) is 0.650. The van der Waals surface area contributed by atoms with E-state index in [0.717, 1.165) is 11.1 Å². The zero-order valence-electron chi connectivity index (χ0n) is 10.5. The third-order valence-corrected chi connectivity index (χ3v) is 3.06. The predicted molar refractivity (Wildman–Crippen MR) is 77.2 cm³/mol. The van der Waals surface area contributed by atoms with Gasteiger partial charge in [0.25, 0.3) is 0 Å². The monoisotopic (exact) mass is 289 g/mol. The average molecular weight is 290 g/mol. The minimum Gasteiger partial charge on any atom is -0.395 e. The van der Waals surface area contributed by atoms with Gasteiger partial charge in [-0.2, -0.15) is 5.10 Å². The second kappa shape index (κ2) is 5.44. The molecule has 0 aliphatic rings. The molecule has 0 spiro atoms. The van der Waals surface area contributed by atoms with Crippen LogP contribution in [0.4, 0.5) is 5.82 Å². The Balaban J connectivity index is 2.10. The van der Waals surface area contributed by atoms with Crippen molar-refractivity contribution in [2.24, 2.45) is 0 Å². The molecule has 0 amide bonds. The van der Waals surface area contributed by atoms with E-state index in [1.165, 1.54) is 6.33 Å². The minimum atomic E-state index is 0.0356. The Hall–Kier alpha value is -2.18. The first kappa shape index (κ1) is 12.8. The van der Waals surface area contributed by atoms with E-state index in [4.69, 9.17) is 16.7 Å². The molecule has 0 unspecified atom stereocenters. The second-order valence-corrected chi connectivity index (χ2v) is 4.58. The highest BCUT2D eigenvalue weighted by Gasteiger charge is 2.10. The molecule has 0 aliphatic heterocycles. The van der Waals surface area contributed by atoms with Crippen LogP contribution >= 0.6 is 11.6 Å². The highest BCUT2D eigenvalue weighted by Crippen LogP contribution is 2.22. The van der Waals surface area contributed by atoms with Crippen molar-refractivity contribution in [2.45, 2.75) is 0 Å². The van der Waals surface area contributed by atoms with Gasteiger partial charge >= 0.3 is 0 Å². The first-order chi connectivity index (χ1) is 9.79. The molecule has 20 heavy (non-hydrogen) atoms. The number of nitrogens with zero attached hydrogens (tertiary/aromatic N) is 4. The zero-order chi connectivity index (χ0) is 13.9. The fraction of sp³-hybridized carbons (Fsp3) is 0.154. The molecule has 0 saturated carbocycles. The van der Waals surface area contributed by atoms with Crippen molar-refractivity contribution in [1.82, 2.24) is 19.7 Å². The molecular weight excluding hydrogens is 278 g/mol. The molecule has 102 valence electrons. The zero-order valence-corrected chi connectivity index (χ0v) is 11.2. The van der Waals surface area contributed by atoms with E-state index in [9.17, 15) is 0 Å². The lowest BCUT2D eigenvalue weighted by molar-refractivity contribution is 0.311. The van der Waals surface area contributed by atoms with E-state index in [1.54, 1.807) is 16.9 Å². The van der Waals surface area contributed by atoms with Gasteiger partial charge in [0.2, 0.25) is 0 Å². The Kier molecular flexibility index (Phi) is 3.49. The molecule has 0 saturated heterocycles. The molecular formula is C13H12ClN5O. The summed E-state index contributed by atoms with van der Waals surface area (Å²) in [6.45, 7) is 0.461. The fourth-order valence-electron chi connectivity index (χ4n) is 1.96. The van der Waals surface area contributed by atoms with Crippen molar-refractivity contribution in [1.29, 1.82) is 0 Å². The van der Waals surface area contributed by atoms with Crippen LogP contribution < -0.4 is 5.32 Å². The molecule has 3 aromatic rings. The molecule has 1 aromatic carbocycles. The molecule has 2 heterocycles. The van der Waals surface area contributed by atoms with Gasteiger partial charge in [0, 0.05) is 11.6 Å². The topological polar surface area (TPSA) is 75.9 Å². The number of hydrogen-bond acceptors (Lipinski definition) is 5. The maximum Gasteiger partial charge on any atom is 0.168 e. The van der Waals surface area contributed by atoms with Gasteiger partial charge in [-0.1, -0.05) is 17.7 Å². The van der Waals surface area contributed by atoms with E-state index >= 15 is 0 Å². The van der Waals surface area contributed by atoms with Crippen molar-refractivity contribution in [3.63, 3.8) is 0 Å². The summed E-state index contributed by atoms with van der Waals surface area (Å²) in [6, 6.07) is 7.38. The first-order valence-corrected chi connectivity index (χ1v) is 6.47. The summed E-state index contributed by atoms with van der Waals surface area (Å²) >= 11 is 6.00. The van der Waals surface area contributed by atoms with Crippen LogP contribution in [0.2, 0.25) is 5.02 Å². The van der Waals surface area contributed by atoms with Crippen LogP contribution in [0.5, 0.6) is 0 Å². The molecule has 0 bridgehead atoms. The third-order valence-electron chi connectivity index (χ3n) is 2.82. The third kappa shape index (κ3) is 2.31. The van der Waals surface area contributed by atoms with E-state index in [0.29, 0.717) is 23.0 Å². The molecule has 0 aliphatic carbocycles. The number of benzene rings is 1. The van der Waals surface area contributed by atoms with Gasteiger partial charge in [0.1, 0.15) is 12.1 Å². The van der Waals surface area contributed by atoms with Crippen LogP contribution in [-0.2, 0) is 0 Å². The van der Waals surface area contributed by atoms with Gasteiger partial charge in [-0.05, 0) is 18.2 Å². The first-order valence-electron chi connectivity index (χ1n) is 6.09. The van der Waals surface area contributed by atoms with Crippen LogP contribution in [0.25, 0.3) is 16.7 Å². The smallest absolute Gasteiger partial charge is 0.168 e. The maximum absolute atomic E-state index is 8.87. The number of aliphatic hydroxyl groups excluding tert-OH is 1. The van der Waals surface area contributed by atoms with Gasteiger partial charge in [-0.15, -0.1) is 0 Å². The van der Waals surface area contributed by atoms with Crippen LogP contribution in [0.15, 0.2) is 36.8 Å². The van der Waals surface area contributed by atoms with Gasteiger partial charge in [0.05, 0.1) is 23.9 Å². The number of nitrogens with one attached hydrogen (secondary N) is 1. The second-order valence-electron chi connectivity index (χ2n) is 4.15. The molecule has 6 nitrogen and oxygen atoms in total. The van der Waals surface area contributed by atoms with E-state index in [1.807, 2.05) is 18.2 Å². The number of rotatable bonds is 4. The van der Waals surface area contributed by atoms with Crippen molar-refractivity contribution in [3.8, 4) is 5.69 Å². The largest absolute Gasteiger partial charge is 0.395 e. The maximum atomic E-state index is 8.87. The molecule has 0 atom stereocenters. The quantitative estimate of drug-likeness (QED) is 0.767. The van der Waals surface area contributed by atoms with E-state index < -0.39 is 0 Å². The number of fused-ring (bicyclic) bond motifs is 1. The minimum absolute atomic E-state index is 0.0356. The summed E-state index contributed by atoms with van der Waals surface area (Å²) in [5.41, 5.74) is 1.52. The summed E-state index contributed by atoms with van der Waals surface area (Å²) in [6.07, 6.45) is 3.15. The SMILES string of the molecule is OCCNc1ncnc2c1cnn2-c1cccc(Cl)c1. The van der Waals surface area contributed by atoms with E-state index in [-0.39, 0.29) is 6.61 Å². The highest BCUT2D eigenvalue weighted by molar-refractivity contribution is 6.30. The van der Waals surface area contributed by atoms with Crippen LogP contribution in [-0.4, -0.2) is 38.0 Å². The highest BCUT2D eigenvalue weighted by atomic mass is 35.5. The summed E-state index contributed by atoms with van der Waals surface area (Å²) in [7, 11) is 0. The van der Waals surface area contributed by atoms with Gasteiger partial charge in [-0.3, -0.25) is 0 Å².